The maximum Gasteiger partial charge on any atom is 0.229 e. The predicted octanol–water partition coefficient (Wildman–Crippen LogP) is 3.91. The van der Waals surface area contributed by atoms with E-state index >= 15 is 0 Å². The molecule has 0 amide bonds. The van der Waals surface area contributed by atoms with E-state index in [9.17, 15) is 0 Å². The third-order valence-corrected chi connectivity index (χ3v) is 3.42. The van der Waals surface area contributed by atoms with Crippen molar-refractivity contribution < 1.29 is 0 Å². The molecule has 0 saturated heterocycles. The molecule has 0 saturated carbocycles. The fourth-order valence-electron chi connectivity index (χ4n) is 1.66. The lowest BCUT2D eigenvalue weighted by Crippen LogP contribution is -2.13. The monoisotopic (exact) mass is 353 g/mol. The van der Waals surface area contributed by atoms with Crippen molar-refractivity contribution in [3.8, 4) is 0 Å². The maximum absolute atomic E-state index is 4.24. The molecule has 2 rings (SSSR count). The van der Waals surface area contributed by atoms with Gasteiger partial charge in [0.05, 0.1) is 0 Å². The topological polar surface area (TPSA) is 29.0 Å². The van der Waals surface area contributed by atoms with Crippen molar-refractivity contribution in [1.29, 1.82) is 0 Å². The van der Waals surface area contributed by atoms with Crippen molar-refractivity contribution in [1.82, 2.24) is 9.97 Å². The number of benzene rings is 1. The largest absolute Gasteiger partial charge is 0.314 e. The first kappa shape index (κ1) is 13.3. The second-order valence-corrected chi connectivity index (χ2v) is 7.32. The van der Waals surface area contributed by atoms with Crippen molar-refractivity contribution in [2.75, 3.05) is 11.9 Å². The molecule has 1 aromatic carbocycles. The molecule has 18 heavy (non-hydrogen) atoms. The zero-order valence-electron chi connectivity index (χ0n) is 10.8. The molecule has 0 bridgehead atoms. The SMILES string of the molecule is CN(c1ccc(C(C)(C)I)cc1)c1ncccn1. The van der Waals surface area contributed by atoms with Crippen LogP contribution in [0, 0.1) is 0 Å². The van der Waals surface area contributed by atoms with Crippen molar-refractivity contribution in [3.05, 3.63) is 48.3 Å². The average molecular weight is 353 g/mol. The molecule has 2 aromatic rings. The van der Waals surface area contributed by atoms with Gasteiger partial charge in [-0.3, -0.25) is 0 Å². The molecule has 1 aromatic heterocycles. The summed E-state index contributed by atoms with van der Waals surface area (Å²) in [5, 5.41) is 0. The normalized spacial score (nSPS) is 11.3. The highest BCUT2D eigenvalue weighted by Gasteiger charge is 2.15. The summed E-state index contributed by atoms with van der Waals surface area (Å²) in [6.07, 6.45) is 3.50. The van der Waals surface area contributed by atoms with Crippen molar-refractivity contribution in [2.45, 2.75) is 17.3 Å². The molecule has 0 spiro atoms. The van der Waals surface area contributed by atoms with Gasteiger partial charge in [0.2, 0.25) is 5.95 Å². The summed E-state index contributed by atoms with van der Waals surface area (Å²) in [4.78, 5) is 10.5. The Bertz CT molecular complexity index is 503. The number of hydrogen-bond acceptors (Lipinski definition) is 3. The highest BCUT2D eigenvalue weighted by Crippen LogP contribution is 2.32. The molecular weight excluding hydrogens is 337 g/mol. The minimum atomic E-state index is 0.151. The third-order valence-electron chi connectivity index (χ3n) is 2.79. The van der Waals surface area contributed by atoms with Crippen LogP contribution in [-0.4, -0.2) is 17.0 Å². The summed E-state index contributed by atoms with van der Waals surface area (Å²) in [6.45, 7) is 4.40. The molecule has 1 heterocycles. The van der Waals surface area contributed by atoms with Gasteiger partial charge in [0, 0.05) is 28.6 Å². The first-order chi connectivity index (χ1) is 8.48. The second-order valence-electron chi connectivity index (χ2n) is 4.63. The minimum Gasteiger partial charge on any atom is -0.314 e. The van der Waals surface area contributed by atoms with Crippen LogP contribution in [0.25, 0.3) is 0 Å². The van der Waals surface area contributed by atoms with Gasteiger partial charge >= 0.3 is 0 Å². The molecule has 4 heteroatoms. The summed E-state index contributed by atoms with van der Waals surface area (Å²) in [5.74, 6) is 0.707. The van der Waals surface area contributed by atoms with Crippen molar-refractivity contribution in [2.24, 2.45) is 0 Å². The molecule has 0 aliphatic heterocycles. The molecule has 0 radical (unpaired) electrons. The Labute approximate surface area is 121 Å². The first-order valence-corrected chi connectivity index (χ1v) is 6.86. The molecule has 0 aliphatic carbocycles. The van der Waals surface area contributed by atoms with Crippen LogP contribution in [0.3, 0.4) is 0 Å². The Morgan fingerprint density at radius 1 is 1.06 bits per heavy atom. The molecule has 3 nitrogen and oxygen atoms in total. The quantitative estimate of drug-likeness (QED) is 0.619. The summed E-state index contributed by atoms with van der Waals surface area (Å²) in [6, 6.07) is 10.3. The van der Waals surface area contributed by atoms with Gasteiger partial charge in [-0.1, -0.05) is 34.7 Å². The van der Waals surface area contributed by atoms with Crippen LogP contribution in [-0.2, 0) is 3.42 Å². The van der Waals surface area contributed by atoms with E-state index in [-0.39, 0.29) is 3.42 Å². The molecule has 0 N–H and O–H groups in total. The van der Waals surface area contributed by atoms with Crippen LogP contribution in [0.2, 0.25) is 0 Å². The highest BCUT2D eigenvalue weighted by atomic mass is 127. The lowest BCUT2D eigenvalue weighted by molar-refractivity contribution is 0.826. The van der Waals surface area contributed by atoms with E-state index in [0.717, 1.165) is 5.69 Å². The Balaban J connectivity index is 2.25. The van der Waals surface area contributed by atoms with Crippen LogP contribution < -0.4 is 4.90 Å². The van der Waals surface area contributed by atoms with Crippen LogP contribution >= 0.6 is 22.6 Å². The number of alkyl halides is 1. The van der Waals surface area contributed by atoms with Gasteiger partial charge in [0.1, 0.15) is 0 Å². The number of anilines is 2. The van der Waals surface area contributed by atoms with E-state index in [1.54, 1.807) is 12.4 Å². The number of aromatic nitrogens is 2. The van der Waals surface area contributed by atoms with Gasteiger partial charge in [-0.15, -0.1) is 0 Å². The maximum atomic E-state index is 4.24. The fourth-order valence-corrected chi connectivity index (χ4v) is 2.02. The van der Waals surface area contributed by atoms with Gasteiger partial charge in [-0.2, -0.15) is 0 Å². The minimum absolute atomic E-state index is 0.151. The fraction of sp³-hybridized carbons (Fsp3) is 0.286. The van der Waals surface area contributed by atoms with E-state index in [0.29, 0.717) is 5.95 Å². The Hall–Kier alpha value is -1.17. The van der Waals surface area contributed by atoms with Gasteiger partial charge in [-0.05, 0) is 37.6 Å². The molecule has 0 unspecified atom stereocenters. The summed E-state index contributed by atoms with van der Waals surface area (Å²) >= 11 is 2.44. The number of halogens is 1. The number of hydrogen-bond donors (Lipinski definition) is 0. The van der Waals surface area contributed by atoms with Crippen LogP contribution in [0.5, 0.6) is 0 Å². The van der Waals surface area contributed by atoms with E-state index in [1.807, 2.05) is 18.0 Å². The molecule has 0 aliphatic rings. The number of rotatable bonds is 3. The standard InChI is InChI=1S/C14H16IN3/c1-14(2,15)11-5-7-12(8-6-11)18(3)13-16-9-4-10-17-13/h4-10H,1-3H3. The van der Waals surface area contributed by atoms with E-state index in [2.05, 4.69) is 70.7 Å². The Morgan fingerprint density at radius 2 is 1.61 bits per heavy atom. The molecular formula is C14H16IN3. The zero-order chi connectivity index (χ0) is 13.2. The van der Waals surface area contributed by atoms with Gasteiger partial charge in [0.25, 0.3) is 0 Å². The molecule has 0 fully saturated rings. The summed E-state index contributed by atoms with van der Waals surface area (Å²) in [7, 11) is 1.97. The van der Waals surface area contributed by atoms with E-state index in [4.69, 9.17) is 0 Å². The smallest absolute Gasteiger partial charge is 0.229 e. The lowest BCUT2D eigenvalue weighted by atomic mass is 10.0. The highest BCUT2D eigenvalue weighted by molar-refractivity contribution is 14.1. The van der Waals surface area contributed by atoms with Crippen LogP contribution in [0.4, 0.5) is 11.6 Å². The van der Waals surface area contributed by atoms with Crippen LogP contribution in [0.1, 0.15) is 19.4 Å². The van der Waals surface area contributed by atoms with Gasteiger partial charge < -0.3 is 4.90 Å². The lowest BCUT2D eigenvalue weighted by Gasteiger charge is -2.20. The molecule has 94 valence electrons. The molecule has 0 atom stereocenters. The zero-order valence-corrected chi connectivity index (χ0v) is 12.9. The number of nitrogens with zero attached hydrogens (tertiary/aromatic N) is 3. The third kappa shape index (κ3) is 2.98. The van der Waals surface area contributed by atoms with E-state index < -0.39 is 0 Å². The van der Waals surface area contributed by atoms with E-state index in [1.165, 1.54) is 5.56 Å². The van der Waals surface area contributed by atoms with Crippen LogP contribution in [0.15, 0.2) is 42.7 Å². The Kier molecular flexibility index (Phi) is 3.85. The van der Waals surface area contributed by atoms with Gasteiger partial charge in [0.15, 0.2) is 0 Å². The summed E-state index contributed by atoms with van der Waals surface area (Å²) < 4.78 is 0.151. The average Bonchev–Trinajstić information content (AvgIpc) is 2.38. The Morgan fingerprint density at radius 3 is 2.11 bits per heavy atom. The van der Waals surface area contributed by atoms with Crippen molar-refractivity contribution in [3.63, 3.8) is 0 Å². The second kappa shape index (κ2) is 5.22. The summed E-state index contributed by atoms with van der Waals surface area (Å²) in [5.41, 5.74) is 2.40. The first-order valence-electron chi connectivity index (χ1n) is 5.79. The van der Waals surface area contributed by atoms with Gasteiger partial charge in [-0.25, -0.2) is 9.97 Å². The predicted molar refractivity (Wildman–Crippen MR) is 83.6 cm³/mol. The van der Waals surface area contributed by atoms with Crippen molar-refractivity contribution >= 4 is 34.2 Å².